The molecule has 0 aromatic heterocycles. The van der Waals surface area contributed by atoms with Crippen LogP contribution in [0.3, 0.4) is 0 Å². The molecule has 8 heavy (non-hydrogen) atoms. The Morgan fingerprint density at radius 2 is 1.88 bits per heavy atom. The summed E-state index contributed by atoms with van der Waals surface area (Å²) in [6.45, 7) is 0.616. The van der Waals surface area contributed by atoms with E-state index >= 15 is 0 Å². The van der Waals surface area contributed by atoms with Gasteiger partial charge in [0.15, 0.2) is 0 Å². The van der Waals surface area contributed by atoms with Crippen LogP contribution in [0.4, 0.5) is 0 Å². The molecule has 0 aromatic carbocycles. The zero-order valence-electron chi connectivity index (χ0n) is 4.41. The fraction of sp³-hybridized carbons (Fsp3) is 0.500. The van der Waals surface area contributed by atoms with Gasteiger partial charge >= 0.3 is 0 Å². The highest BCUT2D eigenvalue weighted by Crippen LogP contribution is 1.69. The lowest BCUT2D eigenvalue weighted by Crippen LogP contribution is -2.26. The number of carbonyl (C=O) groups excluding carboxylic acids is 2. The minimum atomic E-state index is 0.299. The van der Waals surface area contributed by atoms with E-state index in [0.29, 0.717) is 25.9 Å². The van der Waals surface area contributed by atoms with Crippen molar-refractivity contribution in [3.8, 4) is 0 Å². The van der Waals surface area contributed by atoms with Gasteiger partial charge in [-0.05, 0) is 0 Å². The molecule has 0 rings (SSSR count). The van der Waals surface area contributed by atoms with Crippen LogP contribution in [0.1, 0.15) is 0 Å². The van der Waals surface area contributed by atoms with Crippen molar-refractivity contribution < 1.29 is 9.59 Å². The van der Waals surface area contributed by atoms with Crippen LogP contribution in [-0.4, -0.2) is 30.8 Å². The molecule has 0 saturated heterocycles. The molecule has 4 heteroatoms. The number of rotatable bonds is 4. The number of carbonyl (C=O) groups is 2. The van der Waals surface area contributed by atoms with Gasteiger partial charge in [0.05, 0.1) is 0 Å². The number of imide groups is 1. The first-order chi connectivity index (χ1) is 3.85. The molecule has 0 aromatic rings. The summed E-state index contributed by atoms with van der Waals surface area (Å²) >= 11 is 0. The lowest BCUT2D eigenvalue weighted by atomic mass is 10.6. The third-order valence-electron chi connectivity index (χ3n) is 0.658. The molecule has 4 nitrogen and oxygen atoms in total. The van der Waals surface area contributed by atoms with E-state index in [-0.39, 0.29) is 0 Å². The second kappa shape index (κ2) is 4.26. The van der Waals surface area contributed by atoms with Gasteiger partial charge in [0.25, 0.3) is 0 Å². The van der Waals surface area contributed by atoms with E-state index in [1.807, 2.05) is 0 Å². The first kappa shape index (κ1) is 7.10. The SMILES string of the molecule is NCCN(C=O)C=O. The standard InChI is InChI=1S/C4H8N2O2/c5-1-2-6(3-7)4-8/h3-4H,1-2,5H2. The molecule has 0 fully saturated rings. The van der Waals surface area contributed by atoms with Gasteiger partial charge in [-0.25, -0.2) is 0 Å². The molecule has 0 spiro atoms. The van der Waals surface area contributed by atoms with E-state index in [1.165, 1.54) is 0 Å². The normalized spacial score (nSPS) is 8.12. The van der Waals surface area contributed by atoms with Crippen molar-refractivity contribution in [3.05, 3.63) is 0 Å². The molecule has 46 valence electrons. The molecule has 0 atom stereocenters. The van der Waals surface area contributed by atoms with E-state index in [9.17, 15) is 9.59 Å². The Morgan fingerprint density at radius 3 is 2.00 bits per heavy atom. The second-order valence-electron chi connectivity index (χ2n) is 1.24. The average Bonchev–Trinajstić information content (AvgIpc) is 1.83. The van der Waals surface area contributed by atoms with E-state index in [4.69, 9.17) is 5.73 Å². The van der Waals surface area contributed by atoms with Gasteiger partial charge < -0.3 is 5.73 Å². The van der Waals surface area contributed by atoms with Crippen LogP contribution in [0.15, 0.2) is 0 Å². The number of hydrogen-bond donors (Lipinski definition) is 1. The van der Waals surface area contributed by atoms with E-state index in [2.05, 4.69) is 0 Å². The molecule has 0 radical (unpaired) electrons. The zero-order valence-corrected chi connectivity index (χ0v) is 4.41. The highest BCUT2D eigenvalue weighted by Gasteiger charge is 1.92. The fourth-order valence-electron chi connectivity index (χ4n) is 0.279. The molecule has 0 saturated carbocycles. The summed E-state index contributed by atoms with van der Waals surface area (Å²) in [6, 6.07) is 0. The van der Waals surface area contributed by atoms with Crippen LogP contribution >= 0.6 is 0 Å². The van der Waals surface area contributed by atoms with Gasteiger partial charge in [-0.15, -0.1) is 0 Å². The summed E-state index contributed by atoms with van der Waals surface area (Å²) in [5, 5.41) is 0. The fourth-order valence-corrected chi connectivity index (χ4v) is 0.279. The molecular formula is C4H8N2O2. The van der Waals surface area contributed by atoms with Gasteiger partial charge in [-0.3, -0.25) is 14.5 Å². The van der Waals surface area contributed by atoms with Gasteiger partial charge in [0.2, 0.25) is 12.8 Å². The molecule has 0 aliphatic rings. The lowest BCUT2D eigenvalue weighted by Gasteiger charge is -2.03. The zero-order chi connectivity index (χ0) is 6.41. The van der Waals surface area contributed by atoms with Crippen LogP contribution in [-0.2, 0) is 9.59 Å². The van der Waals surface area contributed by atoms with Gasteiger partial charge in [-0.1, -0.05) is 0 Å². The number of nitrogens with two attached hydrogens (primary N) is 1. The van der Waals surface area contributed by atoms with Crippen molar-refractivity contribution in [2.45, 2.75) is 0 Å². The van der Waals surface area contributed by atoms with Crippen molar-refractivity contribution in [1.29, 1.82) is 0 Å². The van der Waals surface area contributed by atoms with Crippen molar-refractivity contribution in [1.82, 2.24) is 4.90 Å². The topological polar surface area (TPSA) is 63.4 Å². The third-order valence-corrected chi connectivity index (χ3v) is 0.658. The average molecular weight is 116 g/mol. The monoisotopic (exact) mass is 116 g/mol. The van der Waals surface area contributed by atoms with E-state index in [1.54, 1.807) is 0 Å². The highest BCUT2D eigenvalue weighted by molar-refractivity contribution is 5.68. The Hall–Kier alpha value is -0.900. The van der Waals surface area contributed by atoms with Crippen LogP contribution < -0.4 is 5.73 Å². The largest absolute Gasteiger partial charge is 0.329 e. The highest BCUT2D eigenvalue weighted by atomic mass is 16.2. The molecule has 0 heterocycles. The molecule has 2 amide bonds. The van der Waals surface area contributed by atoms with Crippen LogP contribution in [0.25, 0.3) is 0 Å². The Kier molecular flexibility index (Phi) is 3.78. The van der Waals surface area contributed by atoms with Gasteiger partial charge in [0.1, 0.15) is 0 Å². The lowest BCUT2D eigenvalue weighted by molar-refractivity contribution is -0.129. The smallest absolute Gasteiger partial charge is 0.216 e. The summed E-state index contributed by atoms with van der Waals surface area (Å²) in [5.74, 6) is 0. The van der Waals surface area contributed by atoms with Crippen molar-refractivity contribution >= 4 is 12.8 Å². The molecule has 0 aliphatic heterocycles. The Morgan fingerprint density at radius 1 is 1.38 bits per heavy atom. The third kappa shape index (κ3) is 2.30. The van der Waals surface area contributed by atoms with E-state index in [0.717, 1.165) is 4.90 Å². The predicted molar refractivity (Wildman–Crippen MR) is 27.9 cm³/mol. The minimum Gasteiger partial charge on any atom is -0.329 e. The first-order valence-corrected chi connectivity index (χ1v) is 2.21. The van der Waals surface area contributed by atoms with E-state index < -0.39 is 0 Å². The number of nitrogens with zero attached hydrogens (tertiary/aromatic N) is 1. The number of hydrogen-bond acceptors (Lipinski definition) is 3. The molecule has 0 unspecified atom stereocenters. The summed E-state index contributed by atoms with van der Waals surface area (Å²) < 4.78 is 0. The predicted octanol–water partition coefficient (Wildman–Crippen LogP) is -1.44. The van der Waals surface area contributed by atoms with Crippen molar-refractivity contribution in [3.63, 3.8) is 0 Å². The molecular weight excluding hydrogens is 108 g/mol. The summed E-state index contributed by atoms with van der Waals surface area (Å²) in [5.41, 5.74) is 5.02. The molecule has 0 bridgehead atoms. The van der Waals surface area contributed by atoms with Gasteiger partial charge in [-0.2, -0.15) is 0 Å². The Balaban J connectivity index is 3.35. The Bertz CT molecular complexity index is 76.1. The maximum absolute atomic E-state index is 9.77. The Labute approximate surface area is 47.3 Å². The summed E-state index contributed by atoms with van der Waals surface area (Å²) in [7, 11) is 0. The van der Waals surface area contributed by atoms with Crippen LogP contribution in [0, 0.1) is 0 Å². The minimum absolute atomic E-state index is 0.299. The van der Waals surface area contributed by atoms with Crippen LogP contribution in [0.5, 0.6) is 0 Å². The molecule has 0 aliphatic carbocycles. The van der Waals surface area contributed by atoms with Crippen LogP contribution in [0.2, 0.25) is 0 Å². The number of amides is 2. The maximum atomic E-state index is 9.77. The molecule has 2 N–H and O–H groups in total. The van der Waals surface area contributed by atoms with Gasteiger partial charge in [0, 0.05) is 13.1 Å². The van der Waals surface area contributed by atoms with Crippen molar-refractivity contribution in [2.24, 2.45) is 5.73 Å². The quantitative estimate of drug-likeness (QED) is 0.457. The first-order valence-electron chi connectivity index (χ1n) is 2.21. The maximum Gasteiger partial charge on any atom is 0.216 e. The summed E-state index contributed by atoms with van der Waals surface area (Å²) in [6.07, 6.45) is 0.889. The summed E-state index contributed by atoms with van der Waals surface area (Å²) in [4.78, 5) is 20.5. The second-order valence-corrected chi connectivity index (χ2v) is 1.24. The van der Waals surface area contributed by atoms with Crippen molar-refractivity contribution in [2.75, 3.05) is 13.1 Å².